The monoisotopic (exact) mass is 499 g/mol. The summed E-state index contributed by atoms with van der Waals surface area (Å²) in [5.41, 5.74) is 0.381. The Morgan fingerprint density at radius 1 is 1.20 bits per heavy atom. The number of anilines is 1. The Hall–Kier alpha value is -2.38. The Labute approximate surface area is 211 Å². The topological polar surface area (TPSA) is 87.7 Å². The van der Waals surface area contributed by atoms with Crippen LogP contribution >= 0.6 is 11.6 Å². The molecule has 5 rings (SSSR count). The summed E-state index contributed by atoms with van der Waals surface area (Å²) in [7, 11) is 0. The van der Waals surface area contributed by atoms with E-state index in [1.807, 2.05) is 25.1 Å². The minimum absolute atomic E-state index is 0.128. The molecular formula is C27H34ClN3O4. The van der Waals surface area contributed by atoms with E-state index in [1.165, 1.54) is 6.42 Å². The second-order valence-electron chi connectivity index (χ2n) is 10.4. The number of benzene rings is 1. The number of ether oxygens (including phenoxy) is 1. The third kappa shape index (κ3) is 4.16. The number of fused-ring (bicyclic) bond motifs is 1. The van der Waals surface area contributed by atoms with Crippen molar-refractivity contribution in [2.45, 2.75) is 82.6 Å². The van der Waals surface area contributed by atoms with Gasteiger partial charge >= 0.3 is 0 Å². The fraction of sp³-hybridized carbons (Fsp3) is 0.593. The minimum Gasteiger partial charge on any atom is -0.359 e. The van der Waals surface area contributed by atoms with Crippen LogP contribution in [0.15, 0.2) is 30.4 Å². The molecule has 5 atom stereocenters. The van der Waals surface area contributed by atoms with Crippen LogP contribution in [0.2, 0.25) is 5.02 Å². The molecule has 0 radical (unpaired) electrons. The number of halogens is 1. The maximum absolute atomic E-state index is 13.8. The summed E-state index contributed by atoms with van der Waals surface area (Å²) in [5.74, 6) is -2.05. The van der Waals surface area contributed by atoms with Crippen molar-refractivity contribution in [3.63, 3.8) is 0 Å². The first-order valence-corrected chi connectivity index (χ1v) is 13.3. The number of carbonyl (C=O) groups excluding carboxylic acids is 3. The summed E-state index contributed by atoms with van der Waals surface area (Å²) < 4.78 is 6.38. The predicted molar refractivity (Wildman–Crippen MR) is 134 cm³/mol. The summed E-state index contributed by atoms with van der Waals surface area (Å²) in [4.78, 5) is 42.6. The molecule has 3 heterocycles. The summed E-state index contributed by atoms with van der Waals surface area (Å²) in [5, 5.41) is 6.70. The van der Waals surface area contributed by atoms with Gasteiger partial charge in [-0.3, -0.25) is 14.4 Å². The van der Waals surface area contributed by atoms with E-state index in [1.54, 1.807) is 17.0 Å². The van der Waals surface area contributed by atoms with Crippen LogP contribution in [0, 0.1) is 18.8 Å². The highest BCUT2D eigenvalue weighted by molar-refractivity contribution is 6.31. The molecule has 7 nitrogen and oxygen atoms in total. The Morgan fingerprint density at radius 2 is 1.97 bits per heavy atom. The maximum Gasteiger partial charge on any atom is 0.246 e. The number of aryl methyl sites for hydroxylation is 1. The number of nitrogens with one attached hydrogen (secondary N) is 2. The fourth-order valence-corrected chi connectivity index (χ4v) is 6.44. The average molecular weight is 500 g/mol. The number of amides is 3. The molecule has 1 aromatic rings. The number of hydrogen-bond acceptors (Lipinski definition) is 4. The van der Waals surface area contributed by atoms with E-state index >= 15 is 0 Å². The molecule has 1 saturated carbocycles. The van der Waals surface area contributed by atoms with Crippen LogP contribution in [0.25, 0.3) is 0 Å². The number of likely N-dealkylation sites (tertiary alicyclic amines) is 1. The van der Waals surface area contributed by atoms with Gasteiger partial charge in [-0.25, -0.2) is 0 Å². The van der Waals surface area contributed by atoms with Crippen molar-refractivity contribution in [3.8, 4) is 0 Å². The van der Waals surface area contributed by atoms with Gasteiger partial charge in [0, 0.05) is 23.3 Å². The SMILES string of the molecule is CCCCN1C(=O)[C@@H]2[C@@H](C(=O)Nc3ccc(C)c(Cl)c3)[C@@H]3C=C[C@@]2(O3)[C@@H]1C(=O)NC1CCCCC1. The molecule has 188 valence electrons. The standard InChI is InChI=1S/C27H34ClN3O4/c1-3-4-14-31-23(25(33)29-17-8-6-5-7-9-17)27-13-12-20(35-27)21(22(27)26(31)34)24(32)30-18-11-10-16(2)19(28)15-18/h10-13,15,17,20-23H,3-9,14H2,1-2H3,(H,29,33)(H,30,32)/t20-,21-,22-,23-,27-/m0/s1. The van der Waals surface area contributed by atoms with E-state index in [9.17, 15) is 14.4 Å². The van der Waals surface area contributed by atoms with Gasteiger partial charge in [-0.05, 0) is 43.9 Å². The highest BCUT2D eigenvalue weighted by Gasteiger charge is 2.72. The molecule has 2 saturated heterocycles. The molecule has 3 aliphatic heterocycles. The quantitative estimate of drug-likeness (QED) is 0.555. The van der Waals surface area contributed by atoms with Gasteiger partial charge in [0.15, 0.2) is 0 Å². The lowest BCUT2D eigenvalue weighted by Gasteiger charge is -2.34. The van der Waals surface area contributed by atoms with Crippen molar-refractivity contribution in [1.29, 1.82) is 0 Å². The molecule has 0 unspecified atom stereocenters. The molecule has 4 aliphatic rings. The first-order chi connectivity index (χ1) is 16.9. The van der Waals surface area contributed by atoms with Gasteiger partial charge in [0.1, 0.15) is 11.6 Å². The van der Waals surface area contributed by atoms with Gasteiger partial charge in [0.25, 0.3) is 0 Å². The van der Waals surface area contributed by atoms with Gasteiger partial charge in [-0.15, -0.1) is 0 Å². The van der Waals surface area contributed by atoms with Crippen molar-refractivity contribution >= 4 is 35.0 Å². The van der Waals surface area contributed by atoms with Crippen molar-refractivity contribution in [3.05, 3.63) is 40.9 Å². The first-order valence-electron chi connectivity index (χ1n) is 12.9. The normalized spacial score (nSPS) is 31.6. The molecule has 1 aliphatic carbocycles. The van der Waals surface area contributed by atoms with Crippen molar-refractivity contribution in [2.75, 3.05) is 11.9 Å². The van der Waals surface area contributed by atoms with Gasteiger partial charge in [-0.2, -0.15) is 0 Å². The summed E-state index contributed by atoms with van der Waals surface area (Å²) in [6.45, 7) is 4.43. The molecule has 8 heteroatoms. The molecule has 1 spiro atoms. The van der Waals surface area contributed by atoms with Crippen molar-refractivity contribution < 1.29 is 19.1 Å². The Bertz CT molecular complexity index is 1050. The third-order valence-electron chi connectivity index (χ3n) is 8.07. The lowest BCUT2D eigenvalue weighted by Crippen LogP contribution is -2.56. The molecular weight excluding hydrogens is 466 g/mol. The lowest BCUT2D eigenvalue weighted by atomic mass is 9.74. The van der Waals surface area contributed by atoms with Crippen LogP contribution in [0.3, 0.4) is 0 Å². The number of rotatable bonds is 7. The summed E-state index contributed by atoms with van der Waals surface area (Å²) >= 11 is 6.24. The average Bonchev–Trinajstić information content (AvgIpc) is 3.48. The van der Waals surface area contributed by atoms with Gasteiger partial charge in [-0.1, -0.05) is 62.4 Å². The number of unbranched alkanes of at least 4 members (excludes halogenated alkanes) is 1. The van der Waals surface area contributed by atoms with E-state index < -0.39 is 29.6 Å². The molecule has 2 bridgehead atoms. The van der Waals surface area contributed by atoms with E-state index in [0.717, 1.165) is 44.1 Å². The highest BCUT2D eigenvalue weighted by atomic mass is 35.5. The molecule has 0 aromatic heterocycles. The van der Waals surface area contributed by atoms with Crippen molar-refractivity contribution in [1.82, 2.24) is 10.2 Å². The number of nitrogens with zero attached hydrogens (tertiary/aromatic N) is 1. The first kappa shape index (κ1) is 24.3. The Kier molecular flexibility index (Phi) is 6.66. The largest absolute Gasteiger partial charge is 0.359 e. The van der Waals surface area contributed by atoms with E-state index in [0.29, 0.717) is 17.3 Å². The second kappa shape index (κ2) is 9.58. The zero-order chi connectivity index (χ0) is 24.7. The predicted octanol–water partition coefficient (Wildman–Crippen LogP) is 3.99. The van der Waals surface area contributed by atoms with Gasteiger partial charge in [0.05, 0.1) is 17.9 Å². The fourth-order valence-electron chi connectivity index (χ4n) is 6.26. The molecule has 35 heavy (non-hydrogen) atoms. The van der Waals surface area contributed by atoms with Crippen molar-refractivity contribution in [2.24, 2.45) is 11.8 Å². The molecule has 1 aromatic carbocycles. The van der Waals surface area contributed by atoms with E-state index in [-0.39, 0.29) is 23.8 Å². The Morgan fingerprint density at radius 3 is 2.69 bits per heavy atom. The van der Waals surface area contributed by atoms with Crippen LogP contribution < -0.4 is 10.6 Å². The zero-order valence-electron chi connectivity index (χ0n) is 20.4. The number of carbonyl (C=O) groups is 3. The Balaban J connectivity index is 1.42. The third-order valence-corrected chi connectivity index (χ3v) is 8.48. The summed E-state index contributed by atoms with van der Waals surface area (Å²) in [6, 6.07) is 4.71. The van der Waals surface area contributed by atoms with Crippen LogP contribution in [0.5, 0.6) is 0 Å². The zero-order valence-corrected chi connectivity index (χ0v) is 21.1. The number of hydrogen-bond donors (Lipinski definition) is 2. The van der Waals surface area contributed by atoms with E-state index in [2.05, 4.69) is 17.6 Å². The molecule has 2 N–H and O–H groups in total. The van der Waals surface area contributed by atoms with Crippen LogP contribution in [0.1, 0.15) is 57.4 Å². The van der Waals surface area contributed by atoms with E-state index in [4.69, 9.17) is 16.3 Å². The van der Waals surface area contributed by atoms with Crippen LogP contribution in [-0.4, -0.2) is 53.0 Å². The van der Waals surface area contributed by atoms with Crippen LogP contribution in [0.4, 0.5) is 5.69 Å². The smallest absolute Gasteiger partial charge is 0.246 e. The molecule has 3 fully saturated rings. The van der Waals surface area contributed by atoms with Crippen LogP contribution in [-0.2, 0) is 19.1 Å². The highest BCUT2D eigenvalue weighted by Crippen LogP contribution is 2.55. The van der Waals surface area contributed by atoms with Gasteiger partial charge in [0.2, 0.25) is 17.7 Å². The van der Waals surface area contributed by atoms with Gasteiger partial charge < -0.3 is 20.3 Å². The lowest BCUT2D eigenvalue weighted by molar-refractivity contribution is -0.141. The summed E-state index contributed by atoms with van der Waals surface area (Å²) in [6.07, 6.45) is 10.2. The minimum atomic E-state index is -1.11. The maximum atomic E-state index is 13.8. The molecule has 3 amide bonds. The second-order valence-corrected chi connectivity index (χ2v) is 10.8.